The lowest BCUT2D eigenvalue weighted by Gasteiger charge is -1.89. The Bertz CT molecular complexity index is 428. The summed E-state index contributed by atoms with van der Waals surface area (Å²) in [4.78, 5) is 3.09. The number of hydrogen-bond acceptors (Lipinski definition) is 0. The van der Waals surface area contributed by atoms with Crippen LogP contribution in [0.5, 0.6) is 0 Å². The van der Waals surface area contributed by atoms with Crippen LogP contribution in [0, 0.1) is 0 Å². The van der Waals surface area contributed by atoms with E-state index in [0.29, 0.717) is 5.84 Å². The van der Waals surface area contributed by atoms with E-state index in [2.05, 4.69) is 4.98 Å². The van der Waals surface area contributed by atoms with E-state index in [9.17, 15) is 0 Å². The zero-order valence-electron chi connectivity index (χ0n) is 6.54. The Morgan fingerprint density at radius 3 is 2.83 bits per heavy atom. The van der Waals surface area contributed by atoms with Gasteiger partial charge in [0, 0.05) is 17.1 Å². The van der Waals surface area contributed by atoms with Crippen LogP contribution in [0.1, 0.15) is 5.56 Å². The minimum absolute atomic E-state index is 0.354. The number of nitrogens with two attached hydrogens (primary N) is 2. The molecular formula is C9H10N3+. The highest BCUT2D eigenvalue weighted by Gasteiger charge is 2.07. The van der Waals surface area contributed by atoms with E-state index in [4.69, 9.17) is 11.1 Å². The van der Waals surface area contributed by atoms with Crippen LogP contribution in [-0.2, 0) is 0 Å². The van der Waals surface area contributed by atoms with Crippen LogP contribution in [0.15, 0.2) is 30.5 Å². The predicted molar refractivity (Wildman–Crippen MR) is 48.5 cm³/mol. The summed E-state index contributed by atoms with van der Waals surface area (Å²) in [6.07, 6.45) is 1.82. The van der Waals surface area contributed by atoms with E-state index < -0.39 is 0 Å². The van der Waals surface area contributed by atoms with Crippen molar-refractivity contribution in [2.75, 3.05) is 0 Å². The summed E-state index contributed by atoms with van der Waals surface area (Å²) in [5.41, 5.74) is 7.44. The quantitative estimate of drug-likeness (QED) is 0.387. The molecule has 3 heteroatoms. The number of amidine groups is 1. The maximum absolute atomic E-state index is 5.50. The Hall–Kier alpha value is -1.77. The van der Waals surface area contributed by atoms with Gasteiger partial charge in [-0.1, -0.05) is 18.2 Å². The van der Waals surface area contributed by atoms with Gasteiger partial charge < -0.3 is 4.98 Å². The smallest absolute Gasteiger partial charge is 0.272 e. The van der Waals surface area contributed by atoms with Crippen LogP contribution in [0.4, 0.5) is 0 Å². The second-order valence-corrected chi connectivity index (χ2v) is 2.70. The van der Waals surface area contributed by atoms with Crippen molar-refractivity contribution >= 4 is 16.7 Å². The standard InChI is InChI=1S/C9H9N3/c10-9(11)7-5-12-8-4-2-1-3-6(7)8/h1-5,12H,(H3,10,11)/p+1. The number of hydrogen-bond donors (Lipinski definition) is 3. The van der Waals surface area contributed by atoms with E-state index in [1.807, 2.05) is 30.5 Å². The van der Waals surface area contributed by atoms with Gasteiger partial charge in [0.1, 0.15) is 0 Å². The first-order chi connectivity index (χ1) is 5.79. The third-order valence-corrected chi connectivity index (χ3v) is 1.90. The van der Waals surface area contributed by atoms with Gasteiger partial charge in [-0.05, 0) is 6.07 Å². The number of nitrogens with one attached hydrogen (secondary N) is 1. The Kier molecular flexibility index (Phi) is 1.37. The summed E-state index contributed by atoms with van der Waals surface area (Å²) in [5, 5.41) is 6.57. The highest BCUT2D eigenvalue weighted by molar-refractivity contribution is 6.05. The highest BCUT2D eigenvalue weighted by atomic mass is 14.7. The van der Waals surface area contributed by atoms with Crippen LogP contribution in [0.25, 0.3) is 10.9 Å². The van der Waals surface area contributed by atoms with Crippen LogP contribution in [0.3, 0.4) is 0 Å². The Morgan fingerprint density at radius 1 is 1.33 bits per heavy atom. The summed E-state index contributed by atoms with van der Waals surface area (Å²) in [5.74, 6) is 0.354. The molecule has 0 fully saturated rings. The Labute approximate surface area is 69.7 Å². The molecule has 2 aromatic rings. The van der Waals surface area contributed by atoms with Gasteiger partial charge in [0.15, 0.2) is 0 Å². The van der Waals surface area contributed by atoms with Gasteiger partial charge in [-0.2, -0.15) is 0 Å². The molecule has 0 aliphatic rings. The molecule has 0 spiro atoms. The average molecular weight is 160 g/mol. The molecule has 0 atom stereocenters. The summed E-state index contributed by atoms with van der Waals surface area (Å²) < 4.78 is 0. The molecule has 0 bridgehead atoms. The van der Waals surface area contributed by atoms with E-state index in [1.165, 1.54) is 0 Å². The number of para-hydroxylation sites is 1. The maximum atomic E-state index is 5.50. The fraction of sp³-hybridized carbons (Fsp3) is 0. The summed E-state index contributed by atoms with van der Waals surface area (Å²) >= 11 is 0. The molecule has 0 radical (unpaired) electrons. The zero-order valence-corrected chi connectivity index (χ0v) is 6.54. The van der Waals surface area contributed by atoms with Crippen molar-refractivity contribution in [3.8, 4) is 0 Å². The molecule has 2 rings (SSSR count). The number of rotatable bonds is 1. The lowest BCUT2D eigenvalue weighted by atomic mass is 10.2. The van der Waals surface area contributed by atoms with E-state index in [0.717, 1.165) is 16.5 Å². The van der Waals surface area contributed by atoms with Crippen molar-refractivity contribution in [1.82, 2.24) is 4.98 Å². The normalized spacial score (nSPS) is 10.3. The first kappa shape index (κ1) is 6.91. The SMILES string of the molecule is NC(=[NH2+])c1c[nH]c2ccccc12. The molecule has 1 heterocycles. The van der Waals surface area contributed by atoms with Crippen LogP contribution in [-0.4, -0.2) is 10.8 Å². The molecule has 0 amide bonds. The van der Waals surface area contributed by atoms with Gasteiger partial charge >= 0.3 is 0 Å². The summed E-state index contributed by atoms with van der Waals surface area (Å²) in [6, 6.07) is 7.90. The van der Waals surface area contributed by atoms with Gasteiger partial charge in [0.25, 0.3) is 5.84 Å². The second kappa shape index (κ2) is 2.37. The van der Waals surface area contributed by atoms with Gasteiger partial charge in [0.05, 0.1) is 5.56 Å². The Morgan fingerprint density at radius 2 is 2.08 bits per heavy atom. The van der Waals surface area contributed by atoms with Crippen molar-refractivity contribution in [3.63, 3.8) is 0 Å². The second-order valence-electron chi connectivity index (χ2n) is 2.70. The minimum Gasteiger partial charge on any atom is -0.360 e. The van der Waals surface area contributed by atoms with Gasteiger partial charge in [-0.15, -0.1) is 0 Å². The van der Waals surface area contributed by atoms with Crippen molar-refractivity contribution in [2.24, 2.45) is 5.73 Å². The third-order valence-electron chi connectivity index (χ3n) is 1.90. The topological polar surface area (TPSA) is 67.4 Å². The summed E-state index contributed by atoms with van der Waals surface area (Å²) in [7, 11) is 0. The number of aromatic amines is 1. The largest absolute Gasteiger partial charge is 0.360 e. The molecule has 1 aromatic carbocycles. The molecule has 1 aromatic heterocycles. The maximum Gasteiger partial charge on any atom is 0.272 e. The lowest BCUT2D eigenvalue weighted by Crippen LogP contribution is -2.46. The molecule has 0 unspecified atom stereocenters. The molecular weight excluding hydrogens is 150 g/mol. The predicted octanol–water partition coefficient (Wildman–Crippen LogP) is -0.368. The highest BCUT2D eigenvalue weighted by Crippen LogP contribution is 2.15. The number of benzene rings is 1. The molecule has 60 valence electrons. The van der Waals surface area contributed by atoms with Crippen molar-refractivity contribution < 1.29 is 5.41 Å². The number of H-pyrrole nitrogens is 1. The van der Waals surface area contributed by atoms with E-state index >= 15 is 0 Å². The van der Waals surface area contributed by atoms with Gasteiger partial charge in [-0.3, -0.25) is 11.1 Å². The minimum atomic E-state index is 0.354. The molecule has 0 saturated carbocycles. The first-order valence-corrected chi connectivity index (χ1v) is 3.73. The van der Waals surface area contributed by atoms with E-state index in [1.54, 1.807) is 0 Å². The fourth-order valence-electron chi connectivity index (χ4n) is 1.31. The van der Waals surface area contributed by atoms with E-state index in [-0.39, 0.29) is 0 Å². The average Bonchev–Trinajstić information content (AvgIpc) is 2.47. The molecule has 0 saturated heterocycles. The number of aromatic nitrogens is 1. The van der Waals surface area contributed by atoms with Crippen molar-refractivity contribution in [3.05, 3.63) is 36.0 Å². The molecule has 12 heavy (non-hydrogen) atoms. The number of fused-ring (bicyclic) bond motifs is 1. The fourth-order valence-corrected chi connectivity index (χ4v) is 1.31. The zero-order chi connectivity index (χ0) is 8.55. The third kappa shape index (κ3) is 0.871. The van der Waals surface area contributed by atoms with Crippen molar-refractivity contribution in [1.29, 1.82) is 0 Å². The van der Waals surface area contributed by atoms with Gasteiger partial charge in [0.2, 0.25) is 0 Å². The summed E-state index contributed by atoms with van der Waals surface area (Å²) in [6.45, 7) is 0. The van der Waals surface area contributed by atoms with Crippen molar-refractivity contribution in [2.45, 2.75) is 0 Å². The molecule has 5 N–H and O–H groups in total. The Balaban J connectivity index is 2.79. The molecule has 0 aliphatic heterocycles. The van der Waals surface area contributed by atoms with Crippen LogP contribution >= 0.6 is 0 Å². The van der Waals surface area contributed by atoms with Gasteiger partial charge in [-0.25, -0.2) is 0 Å². The molecule has 3 nitrogen and oxygen atoms in total. The lowest BCUT2D eigenvalue weighted by molar-refractivity contribution is -0.114. The van der Waals surface area contributed by atoms with Crippen LogP contribution in [0.2, 0.25) is 0 Å². The molecule has 0 aliphatic carbocycles. The first-order valence-electron chi connectivity index (χ1n) is 3.73. The van der Waals surface area contributed by atoms with Crippen LogP contribution < -0.4 is 11.1 Å². The monoisotopic (exact) mass is 160 g/mol.